The van der Waals surface area contributed by atoms with Crippen molar-refractivity contribution in [2.45, 2.75) is 26.9 Å². The summed E-state index contributed by atoms with van der Waals surface area (Å²) in [4.78, 5) is 13.0. The van der Waals surface area contributed by atoms with Gasteiger partial charge in [-0.3, -0.25) is 9.97 Å². The van der Waals surface area contributed by atoms with Gasteiger partial charge in [0.1, 0.15) is 17.1 Å². The lowest BCUT2D eigenvalue weighted by Crippen LogP contribution is -2.11. The molecule has 4 nitrogen and oxygen atoms in total. The topological polar surface area (TPSA) is 47.4 Å². The van der Waals surface area contributed by atoms with E-state index in [2.05, 4.69) is 28.1 Å². The molecule has 1 aromatic carbocycles. The van der Waals surface area contributed by atoms with Crippen molar-refractivity contribution in [2.75, 3.05) is 0 Å². The van der Waals surface area contributed by atoms with Crippen molar-refractivity contribution in [3.63, 3.8) is 0 Å². The molecule has 0 N–H and O–H groups in total. The van der Waals surface area contributed by atoms with Crippen LogP contribution < -0.4 is 4.43 Å². The minimum atomic E-state index is -0.818. The zero-order valence-corrected chi connectivity index (χ0v) is 13.2. The van der Waals surface area contributed by atoms with Gasteiger partial charge in [-0.2, -0.15) is 0 Å². The third-order valence-corrected chi connectivity index (χ3v) is 3.28. The molecule has 1 aromatic heterocycles. The fraction of sp³-hybridized carbons (Fsp3) is 0.267. The van der Waals surface area contributed by atoms with Crippen LogP contribution in [0, 0.1) is 6.92 Å². The summed E-state index contributed by atoms with van der Waals surface area (Å²) in [5, 5.41) is 0. The summed E-state index contributed by atoms with van der Waals surface area (Å²) in [7, 11) is -0.818. The minimum Gasteiger partial charge on any atom is -0.541 e. The first-order valence-corrected chi connectivity index (χ1v) is 8.87. The molecule has 0 amide bonds. The summed E-state index contributed by atoms with van der Waals surface area (Å²) in [5.74, 6) is 0.831. The third-order valence-electron chi connectivity index (χ3n) is 2.65. The molecule has 1 radical (unpaired) electrons. The Kier molecular flexibility index (Phi) is 4.63. The normalized spacial score (nSPS) is 11.8. The standard InChI is InChI=1S/C15H18N3OSi/c1-11-5-6-15(19-20(3)4)13(9-11)18-12(2)14-10-16-7-8-17-14/h5-10H,1-4H3/p+1. The summed E-state index contributed by atoms with van der Waals surface area (Å²) < 4.78 is 5.90. The Morgan fingerprint density at radius 2 is 2.10 bits per heavy atom. The molecule has 0 saturated carbocycles. The highest BCUT2D eigenvalue weighted by Gasteiger charge is 2.08. The van der Waals surface area contributed by atoms with Crippen LogP contribution in [0.3, 0.4) is 0 Å². The second-order valence-corrected chi connectivity index (χ2v) is 6.79. The van der Waals surface area contributed by atoms with Crippen molar-refractivity contribution >= 4 is 20.4 Å². The van der Waals surface area contributed by atoms with Gasteiger partial charge in [0.2, 0.25) is 0 Å². The van der Waals surface area contributed by atoms with Gasteiger partial charge in [-0.15, -0.1) is 0 Å². The molecule has 1 heterocycles. The monoisotopic (exact) mass is 285 g/mol. The van der Waals surface area contributed by atoms with Crippen LogP contribution in [0.4, 0.5) is 5.69 Å². The Hall–Kier alpha value is -2.01. The van der Waals surface area contributed by atoms with Gasteiger partial charge >= 0.3 is 1.43 Å². The van der Waals surface area contributed by atoms with Gasteiger partial charge in [0.05, 0.1) is 11.9 Å². The molecule has 0 saturated heterocycles. The Labute approximate surface area is 122 Å². The van der Waals surface area contributed by atoms with E-state index in [1.54, 1.807) is 18.6 Å². The molecule has 20 heavy (non-hydrogen) atoms. The second-order valence-electron chi connectivity index (χ2n) is 4.77. The fourth-order valence-electron chi connectivity index (χ4n) is 1.74. The summed E-state index contributed by atoms with van der Waals surface area (Å²) in [6, 6.07) is 6.05. The minimum absolute atomic E-state index is 0. The quantitative estimate of drug-likeness (QED) is 0.636. The maximum Gasteiger partial charge on any atom is 1.00 e. The molecule has 0 aliphatic heterocycles. The molecule has 0 fully saturated rings. The average molecular weight is 285 g/mol. The number of hydrogen-bond donors (Lipinski definition) is 0. The van der Waals surface area contributed by atoms with Crippen molar-refractivity contribution in [1.29, 1.82) is 0 Å². The molecule has 0 bridgehead atoms. The molecule has 2 aromatic rings. The van der Waals surface area contributed by atoms with Crippen LogP contribution in [-0.2, 0) is 0 Å². The van der Waals surface area contributed by atoms with Gasteiger partial charge in [-0.1, -0.05) is 6.07 Å². The van der Waals surface area contributed by atoms with Gasteiger partial charge in [-0.05, 0) is 44.6 Å². The van der Waals surface area contributed by atoms with E-state index in [0.29, 0.717) is 0 Å². The molecule has 2 rings (SSSR count). The van der Waals surface area contributed by atoms with Crippen molar-refractivity contribution in [1.82, 2.24) is 9.97 Å². The van der Waals surface area contributed by atoms with Gasteiger partial charge in [0, 0.05) is 12.4 Å². The van der Waals surface area contributed by atoms with E-state index in [9.17, 15) is 0 Å². The van der Waals surface area contributed by atoms with Crippen LogP contribution >= 0.6 is 0 Å². The molecule has 103 valence electrons. The van der Waals surface area contributed by atoms with E-state index in [-0.39, 0.29) is 1.43 Å². The number of aryl methyl sites for hydroxylation is 1. The highest BCUT2D eigenvalue weighted by molar-refractivity contribution is 6.49. The maximum absolute atomic E-state index is 5.90. The van der Waals surface area contributed by atoms with Gasteiger partial charge in [0.15, 0.2) is 0 Å². The summed E-state index contributed by atoms with van der Waals surface area (Å²) in [6.45, 7) is 8.19. The number of aromatic nitrogens is 2. The third kappa shape index (κ3) is 3.74. The Bertz CT molecular complexity index is 618. The van der Waals surface area contributed by atoms with Crippen LogP contribution in [0.5, 0.6) is 5.75 Å². The summed E-state index contributed by atoms with van der Waals surface area (Å²) in [6.07, 6.45) is 5.03. The van der Waals surface area contributed by atoms with Gasteiger partial charge in [0.25, 0.3) is 9.04 Å². The van der Waals surface area contributed by atoms with E-state index in [1.165, 1.54) is 0 Å². The SMILES string of the molecule is CC(=Nc1cc(C)ccc1O[Si](C)C)c1cnccn1.[H+]. The lowest BCUT2D eigenvalue weighted by atomic mass is 10.2. The molecular formula is C15H19N3OSi+. The zero-order valence-electron chi connectivity index (χ0n) is 13.2. The molecule has 0 spiro atoms. The molecule has 0 atom stereocenters. The largest absolute Gasteiger partial charge is 1.00 e. The highest BCUT2D eigenvalue weighted by Crippen LogP contribution is 2.29. The fourth-order valence-corrected chi connectivity index (χ4v) is 2.36. The first-order chi connectivity index (χ1) is 9.56. The first-order valence-electron chi connectivity index (χ1n) is 6.46. The Morgan fingerprint density at radius 1 is 1.30 bits per heavy atom. The van der Waals surface area contributed by atoms with Crippen molar-refractivity contribution in [2.24, 2.45) is 4.99 Å². The van der Waals surface area contributed by atoms with Crippen molar-refractivity contribution in [3.8, 4) is 5.75 Å². The second kappa shape index (κ2) is 6.43. The molecule has 0 aliphatic carbocycles. The van der Waals surface area contributed by atoms with E-state index in [4.69, 9.17) is 4.43 Å². The Balaban J connectivity index is 0.00000220. The zero-order chi connectivity index (χ0) is 14.5. The predicted octanol–water partition coefficient (Wildman–Crippen LogP) is 3.67. The molecule has 0 unspecified atom stereocenters. The van der Waals surface area contributed by atoms with Gasteiger partial charge < -0.3 is 4.43 Å². The highest BCUT2D eigenvalue weighted by atomic mass is 28.3. The summed E-state index contributed by atoms with van der Waals surface area (Å²) in [5.41, 5.74) is 3.61. The lowest BCUT2D eigenvalue weighted by Gasteiger charge is -2.12. The number of nitrogens with zero attached hydrogens (tertiary/aromatic N) is 3. The lowest BCUT2D eigenvalue weighted by molar-refractivity contribution is 0.582. The van der Waals surface area contributed by atoms with E-state index >= 15 is 0 Å². The molecular weight excluding hydrogens is 266 g/mol. The van der Waals surface area contributed by atoms with Crippen molar-refractivity contribution < 1.29 is 5.85 Å². The van der Waals surface area contributed by atoms with Crippen LogP contribution in [0.1, 0.15) is 19.6 Å². The van der Waals surface area contributed by atoms with E-state index in [0.717, 1.165) is 28.4 Å². The maximum atomic E-state index is 5.90. The average Bonchev–Trinajstić information content (AvgIpc) is 2.42. The smallest absolute Gasteiger partial charge is 0.541 e. The molecule has 5 heteroatoms. The number of aliphatic imine (C=N–C) groups is 1. The van der Waals surface area contributed by atoms with Crippen LogP contribution in [0.15, 0.2) is 41.8 Å². The number of hydrogen-bond acceptors (Lipinski definition) is 4. The number of rotatable bonds is 4. The molecule has 0 aliphatic rings. The van der Waals surface area contributed by atoms with Crippen molar-refractivity contribution in [3.05, 3.63) is 48.0 Å². The van der Waals surface area contributed by atoms with Crippen LogP contribution in [-0.4, -0.2) is 24.7 Å². The van der Waals surface area contributed by atoms with Crippen LogP contribution in [0.25, 0.3) is 0 Å². The predicted molar refractivity (Wildman–Crippen MR) is 84.3 cm³/mol. The summed E-state index contributed by atoms with van der Waals surface area (Å²) >= 11 is 0. The van der Waals surface area contributed by atoms with E-state index in [1.807, 2.05) is 32.0 Å². The Morgan fingerprint density at radius 3 is 2.75 bits per heavy atom. The van der Waals surface area contributed by atoms with Crippen LogP contribution in [0.2, 0.25) is 13.1 Å². The number of benzene rings is 1. The van der Waals surface area contributed by atoms with E-state index < -0.39 is 9.04 Å². The van der Waals surface area contributed by atoms with Gasteiger partial charge in [-0.25, -0.2) is 4.99 Å². The first kappa shape index (κ1) is 14.4.